The third-order valence-corrected chi connectivity index (χ3v) is 3.62. The number of hydrogen-bond donors (Lipinski definition) is 2. The molecule has 1 saturated heterocycles. The highest BCUT2D eigenvalue weighted by Gasteiger charge is 2.23. The van der Waals surface area contributed by atoms with Gasteiger partial charge in [0, 0.05) is 31.5 Å². The second-order valence-electron chi connectivity index (χ2n) is 4.87. The first kappa shape index (κ1) is 14.9. The van der Waals surface area contributed by atoms with E-state index >= 15 is 0 Å². The summed E-state index contributed by atoms with van der Waals surface area (Å²) in [5.74, 6) is -0.0233. The minimum absolute atomic E-state index is 0.0233. The van der Waals surface area contributed by atoms with E-state index in [0.29, 0.717) is 11.5 Å². The van der Waals surface area contributed by atoms with E-state index in [9.17, 15) is 4.79 Å². The van der Waals surface area contributed by atoms with Crippen LogP contribution in [0.15, 0.2) is 24.3 Å². The minimum Gasteiger partial charge on any atom is -0.389 e. The first-order valence-corrected chi connectivity index (χ1v) is 6.94. The number of nitrogens with one attached hydrogen (secondary N) is 1. The van der Waals surface area contributed by atoms with Crippen molar-refractivity contribution in [3.63, 3.8) is 0 Å². The van der Waals surface area contributed by atoms with Crippen LogP contribution in [0.1, 0.15) is 12.0 Å². The Labute approximate surface area is 124 Å². The minimum atomic E-state index is -0.0233. The normalized spacial score (nSPS) is 18.9. The lowest BCUT2D eigenvalue weighted by atomic mass is 10.2. The topological polar surface area (TPSA) is 67.6 Å². The number of nitrogens with zero attached hydrogens (tertiary/aromatic N) is 1. The highest BCUT2D eigenvalue weighted by molar-refractivity contribution is 7.80. The van der Waals surface area contributed by atoms with E-state index in [0.717, 1.165) is 30.8 Å². The van der Waals surface area contributed by atoms with E-state index in [4.69, 9.17) is 22.7 Å². The summed E-state index contributed by atoms with van der Waals surface area (Å²) in [6.45, 7) is 2.09. The quantitative estimate of drug-likeness (QED) is 0.792. The fraction of sp³-hybridized carbons (Fsp3) is 0.429. The molecule has 108 valence electrons. The van der Waals surface area contributed by atoms with Gasteiger partial charge in [-0.05, 0) is 30.7 Å². The van der Waals surface area contributed by atoms with Crippen molar-refractivity contribution in [3.05, 3.63) is 29.8 Å². The Morgan fingerprint density at radius 2 is 2.20 bits per heavy atom. The maximum atomic E-state index is 11.9. The molecule has 0 aliphatic carbocycles. The molecule has 3 N–H and O–H groups in total. The molecule has 1 aromatic rings. The first-order valence-electron chi connectivity index (χ1n) is 6.53. The van der Waals surface area contributed by atoms with Crippen molar-refractivity contribution in [2.24, 2.45) is 5.73 Å². The molecule has 20 heavy (non-hydrogen) atoms. The number of carbonyl (C=O) groups excluding carboxylic acids is 1. The molecule has 2 rings (SSSR count). The summed E-state index contributed by atoms with van der Waals surface area (Å²) < 4.78 is 5.28. The number of thiocarbonyl (C=S) groups is 1. The molecular weight excluding hydrogens is 274 g/mol. The molecule has 1 heterocycles. The number of hydrogen-bond acceptors (Lipinski definition) is 4. The summed E-state index contributed by atoms with van der Waals surface area (Å²) in [4.78, 5) is 14.4. The van der Waals surface area contributed by atoms with Crippen molar-refractivity contribution in [2.45, 2.75) is 12.5 Å². The third-order valence-electron chi connectivity index (χ3n) is 3.38. The molecule has 1 amide bonds. The van der Waals surface area contributed by atoms with Gasteiger partial charge in [-0.2, -0.15) is 0 Å². The summed E-state index contributed by atoms with van der Waals surface area (Å²) in [5.41, 5.74) is 7.07. The Bertz CT molecular complexity index is 490. The van der Waals surface area contributed by atoms with Crippen molar-refractivity contribution in [1.82, 2.24) is 4.90 Å². The zero-order valence-electron chi connectivity index (χ0n) is 11.5. The highest BCUT2D eigenvalue weighted by Crippen LogP contribution is 2.13. The molecule has 5 nitrogen and oxygen atoms in total. The van der Waals surface area contributed by atoms with Crippen molar-refractivity contribution < 1.29 is 9.53 Å². The van der Waals surface area contributed by atoms with Crippen molar-refractivity contribution in [2.75, 3.05) is 32.1 Å². The molecule has 0 saturated carbocycles. The van der Waals surface area contributed by atoms with Gasteiger partial charge in [0.05, 0.1) is 12.6 Å². The summed E-state index contributed by atoms with van der Waals surface area (Å²) in [6, 6.07) is 7.20. The molecule has 0 bridgehead atoms. The number of carbonyl (C=O) groups is 1. The van der Waals surface area contributed by atoms with Crippen LogP contribution in [0.2, 0.25) is 0 Å². The van der Waals surface area contributed by atoms with E-state index < -0.39 is 0 Å². The smallest absolute Gasteiger partial charge is 0.238 e. The monoisotopic (exact) mass is 293 g/mol. The second-order valence-corrected chi connectivity index (χ2v) is 5.31. The van der Waals surface area contributed by atoms with Crippen LogP contribution in [-0.4, -0.2) is 48.6 Å². The maximum Gasteiger partial charge on any atom is 0.238 e. The van der Waals surface area contributed by atoms with Crippen LogP contribution in [0.25, 0.3) is 0 Å². The van der Waals surface area contributed by atoms with Crippen LogP contribution in [0.5, 0.6) is 0 Å². The lowest BCUT2D eigenvalue weighted by Crippen LogP contribution is -2.32. The number of anilines is 1. The summed E-state index contributed by atoms with van der Waals surface area (Å²) in [5, 5.41) is 2.86. The van der Waals surface area contributed by atoms with Crippen molar-refractivity contribution in [1.29, 1.82) is 0 Å². The van der Waals surface area contributed by atoms with Crippen LogP contribution in [0, 0.1) is 0 Å². The number of benzene rings is 1. The predicted octanol–water partition coefficient (Wildman–Crippen LogP) is 0.980. The Morgan fingerprint density at radius 1 is 1.50 bits per heavy atom. The fourth-order valence-corrected chi connectivity index (χ4v) is 2.39. The fourth-order valence-electron chi connectivity index (χ4n) is 2.25. The number of ether oxygens (including phenoxy) is 1. The van der Waals surface area contributed by atoms with Crippen LogP contribution >= 0.6 is 12.2 Å². The van der Waals surface area contributed by atoms with Gasteiger partial charge in [-0.1, -0.05) is 12.2 Å². The lowest BCUT2D eigenvalue weighted by Gasteiger charge is -2.15. The molecule has 0 aromatic heterocycles. The Hall–Kier alpha value is -1.50. The van der Waals surface area contributed by atoms with E-state index in [-0.39, 0.29) is 12.0 Å². The molecule has 6 heteroatoms. The molecule has 1 aliphatic rings. The van der Waals surface area contributed by atoms with Crippen molar-refractivity contribution >= 4 is 28.8 Å². The van der Waals surface area contributed by atoms with Gasteiger partial charge >= 0.3 is 0 Å². The Morgan fingerprint density at radius 3 is 2.75 bits per heavy atom. The largest absolute Gasteiger partial charge is 0.389 e. The molecule has 1 aromatic carbocycles. The van der Waals surface area contributed by atoms with Gasteiger partial charge in [0.25, 0.3) is 0 Å². The van der Waals surface area contributed by atoms with Crippen LogP contribution in [0.3, 0.4) is 0 Å². The molecule has 1 aliphatic heterocycles. The lowest BCUT2D eigenvalue weighted by molar-refractivity contribution is -0.117. The predicted molar refractivity (Wildman–Crippen MR) is 82.8 cm³/mol. The maximum absolute atomic E-state index is 11.9. The number of nitrogens with two attached hydrogens (primary N) is 1. The summed E-state index contributed by atoms with van der Waals surface area (Å²) in [7, 11) is 1.71. The summed E-state index contributed by atoms with van der Waals surface area (Å²) >= 11 is 4.88. The average molecular weight is 293 g/mol. The molecule has 0 spiro atoms. The van der Waals surface area contributed by atoms with Gasteiger partial charge in [0.2, 0.25) is 5.91 Å². The molecule has 0 radical (unpaired) electrons. The number of amides is 1. The summed E-state index contributed by atoms with van der Waals surface area (Å²) in [6.07, 6.45) is 1.22. The molecule has 1 atom stereocenters. The molecule has 1 fully saturated rings. The Kier molecular flexibility index (Phi) is 5.05. The second kappa shape index (κ2) is 6.78. The van der Waals surface area contributed by atoms with E-state index in [1.165, 1.54) is 0 Å². The first-order chi connectivity index (χ1) is 9.58. The number of methoxy groups -OCH3 is 1. The van der Waals surface area contributed by atoms with Gasteiger partial charge in [-0.25, -0.2) is 0 Å². The number of likely N-dealkylation sites (tertiary alicyclic amines) is 1. The SMILES string of the molecule is COC1CCN(CC(=O)Nc2ccc(C(N)=S)cc2)C1. The van der Waals surface area contributed by atoms with Gasteiger partial charge in [0.1, 0.15) is 4.99 Å². The van der Waals surface area contributed by atoms with Crippen LogP contribution in [-0.2, 0) is 9.53 Å². The standard InChI is InChI=1S/C14H19N3O2S/c1-19-12-6-7-17(8-12)9-13(18)16-11-4-2-10(3-5-11)14(15)20/h2-5,12H,6-9H2,1H3,(H2,15,20)(H,16,18). The third kappa shape index (κ3) is 4.00. The van der Waals surface area contributed by atoms with Gasteiger partial charge in [-0.3, -0.25) is 9.69 Å². The zero-order chi connectivity index (χ0) is 14.5. The van der Waals surface area contributed by atoms with Gasteiger partial charge in [0.15, 0.2) is 0 Å². The Balaban J connectivity index is 1.84. The van der Waals surface area contributed by atoms with Gasteiger partial charge < -0.3 is 15.8 Å². The van der Waals surface area contributed by atoms with Crippen LogP contribution in [0.4, 0.5) is 5.69 Å². The highest BCUT2D eigenvalue weighted by atomic mass is 32.1. The number of rotatable bonds is 5. The van der Waals surface area contributed by atoms with E-state index in [1.54, 1.807) is 31.4 Å². The van der Waals surface area contributed by atoms with E-state index in [2.05, 4.69) is 10.2 Å². The van der Waals surface area contributed by atoms with E-state index in [1.807, 2.05) is 0 Å². The average Bonchev–Trinajstić information content (AvgIpc) is 2.86. The molecule has 1 unspecified atom stereocenters. The molecular formula is C14H19N3O2S. The van der Waals surface area contributed by atoms with Crippen molar-refractivity contribution in [3.8, 4) is 0 Å². The zero-order valence-corrected chi connectivity index (χ0v) is 12.3. The van der Waals surface area contributed by atoms with Gasteiger partial charge in [-0.15, -0.1) is 0 Å². The van der Waals surface area contributed by atoms with Crippen LogP contribution < -0.4 is 11.1 Å².